The smallest absolute Gasteiger partial charge is 0.315 e. The number of amides is 2. The van der Waals surface area contributed by atoms with Crippen LogP contribution in [0.5, 0.6) is 0 Å². The molecule has 2 heterocycles. The molecule has 2 N–H and O–H groups in total. The largest absolute Gasteiger partial charge is 0.336 e. The zero-order valence-corrected chi connectivity index (χ0v) is 15.1. The van der Waals surface area contributed by atoms with Crippen molar-refractivity contribution >= 4 is 17.8 Å². The predicted molar refractivity (Wildman–Crippen MR) is 99.2 cm³/mol. The molecule has 132 valence electrons. The van der Waals surface area contributed by atoms with E-state index >= 15 is 0 Å². The zero-order valence-electron chi connectivity index (χ0n) is 14.3. The third-order valence-corrected chi connectivity index (χ3v) is 6.19. The van der Waals surface area contributed by atoms with Gasteiger partial charge in [-0.05, 0) is 30.5 Å². The van der Waals surface area contributed by atoms with Crippen LogP contribution in [0.15, 0.2) is 24.5 Å². The monoisotopic (exact) mass is 348 g/mol. The molecule has 0 aromatic carbocycles. The summed E-state index contributed by atoms with van der Waals surface area (Å²) in [5.74, 6) is 2.44. The molecule has 0 radical (unpaired) electrons. The molecule has 5 nitrogen and oxygen atoms in total. The third kappa shape index (κ3) is 4.63. The Morgan fingerprint density at radius 2 is 1.83 bits per heavy atom. The Morgan fingerprint density at radius 3 is 2.54 bits per heavy atom. The molecule has 0 bridgehead atoms. The van der Waals surface area contributed by atoms with E-state index in [4.69, 9.17) is 0 Å². The number of nitrogens with zero attached hydrogens (tertiary/aromatic N) is 2. The lowest BCUT2D eigenvalue weighted by Gasteiger charge is -2.48. The molecular formula is C18H28N4OS. The number of urea groups is 1. The van der Waals surface area contributed by atoms with E-state index in [2.05, 4.69) is 20.5 Å². The van der Waals surface area contributed by atoms with Gasteiger partial charge >= 0.3 is 6.03 Å². The first-order valence-corrected chi connectivity index (χ1v) is 10.2. The molecular weight excluding hydrogens is 320 g/mol. The summed E-state index contributed by atoms with van der Waals surface area (Å²) in [5, 5.41) is 6.10. The molecule has 1 aromatic rings. The minimum absolute atomic E-state index is 0.0665. The minimum Gasteiger partial charge on any atom is -0.336 e. The van der Waals surface area contributed by atoms with Crippen molar-refractivity contribution in [2.75, 3.05) is 31.1 Å². The van der Waals surface area contributed by atoms with Gasteiger partial charge in [0.1, 0.15) is 0 Å². The highest BCUT2D eigenvalue weighted by molar-refractivity contribution is 7.99. The number of hydrogen-bond acceptors (Lipinski definition) is 4. The number of pyridine rings is 1. The highest BCUT2D eigenvalue weighted by Gasteiger charge is 2.38. The first-order valence-electron chi connectivity index (χ1n) is 9.02. The molecule has 1 saturated carbocycles. The van der Waals surface area contributed by atoms with Gasteiger partial charge in [-0.15, -0.1) is 0 Å². The van der Waals surface area contributed by atoms with Gasteiger partial charge in [-0.3, -0.25) is 9.88 Å². The van der Waals surface area contributed by atoms with Gasteiger partial charge in [0.25, 0.3) is 0 Å². The van der Waals surface area contributed by atoms with Crippen LogP contribution in [0.1, 0.15) is 37.7 Å². The number of thioether (sulfide) groups is 1. The summed E-state index contributed by atoms with van der Waals surface area (Å²) in [6.07, 6.45) is 9.82. The summed E-state index contributed by atoms with van der Waals surface area (Å²) in [7, 11) is 0. The van der Waals surface area contributed by atoms with E-state index in [1.807, 2.05) is 23.9 Å². The Balaban J connectivity index is 1.52. The maximum absolute atomic E-state index is 12.2. The molecule has 2 aliphatic rings. The lowest BCUT2D eigenvalue weighted by molar-refractivity contribution is 0.0607. The van der Waals surface area contributed by atoms with Crippen LogP contribution in [-0.4, -0.2) is 52.6 Å². The van der Waals surface area contributed by atoms with Gasteiger partial charge < -0.3 is 10.6 Å². The fourth-order valence-corrected chi connectivity index (χ4v) is 4.75. The summed E-state index contributed by atoms with van der Waals surface area (Å²) in [6, 6.07) is 3.78. The topological polar surface area (TPSA) is 57.3 Å². The standard InChI is InChI=1S/C18H28N4OS/c23-17(20-14-16-4-8-19-9-5-16)21-15-18(6-2-1-3-7-18)22-10-12-24-13-11-22/h4-5,8-9H,1-3,6-7,10-15H2,(H2,20,21,23). The van der Waals surface area contributed by atoms with Gasteiger partial charge in [0, 0.05) is 55.6 Å². The van der Waals surface area contributed by atoms with E-state index in [1.165, 1.54) is 43.6 Å². The summed E-state index contributed by atoms with van der Waals surface area (Å²) < 4.78 is 0. The van der Waals surface area contributed by atoms with Gasteiger partial charge in [-0.1, -0.05) is 19.3 Å². The average Bonchev–Trinajstić information content (AvgIpc) is 2.67. The quantitative estimate of drug-likeness (QED) is 0.859. The highest BCUT2D eigenvalue weighted by atomic mass is 32.2. The Labute approximate surface area is 149 Å². The maximum atomic E-state index is 12.2. The van der Waals surface area contributed by atoms with Gasteiger partial charge in [0.05, 0.1) is 0 Å². The van der Waals surface area contributed by atoms with Crippen LogP contribution in [0.3, 0.4) is 0 Å². The Bertz CT molecular complexity index is 513. The number of hydrogen-bond donors (Lipinski definition) is 2. The summed E-state index contributed by atoms with van der Waals surface area (Å²) in [5.41, 5.74) is 1.24. The van der Waals surface area contributed by atoms with E-state index in [9.17, 15) is 4.79 Å². The van der Waals surface area contributed by atoms with Crippen molar-refractivity contribution in [3.63, 3.8) is 0 Å². The average molecular weight is 349 g/mol. The fourth-order valence-electron chi connectivity index (χ4n) is 3.84. The molecule has 2 fully saturated rings. The second-order valence-electron chi connectivity index (χ2n) is 6.78. The zero-order chi connectivity index (χ0) is 16.7. The fraction of sp³-hybridized carbons (Fsp3) is 0.667. The Hall–Kier alpha value is -1.27. The van der Waals surface area contributed by atoms with E-state index < -0.39 is 0 Å². The van der Waals surface area contributed by atoms with Crippen molar-refractivity contribution in [3.05, 3.63) is 30.1 Å². The normalized spacial score (nSPS) is 21.2. The molecule has 3 rings (SSSR count). The van der Waals surface area contributed by atoms with E-state index in [-0.39, 0.29) is 11.6 Å². The van der Waals surface area contributed by atoms with Gasteiger partial charge in [0.2, 0.25) is 0 Å². The van der Waals surface area contributed by atoms with Crippen molar-refractivity contribution in [2.24, 2.45) is 0 Å². The van der Waals surface area contributed by atoms with Crippen LogP contribution in [0.2, 0.25) is 0 Å². The maximum Gasteiger partial charge on any atom is 0.315 e. The highest BCUT2D eigenvalue weighted by Crippen LogP contribution is 2.34. The first kappa shape index (κ1) is 17.5. The molecule has 6 heteroatoms. The molecule has 0 spiro atoms. The van der Waals surface area contributed by atoms with Crippen molar-refractivity contribution in [1.82, 2.24) is 20.5 Å². The second-order valence-corrected chi connectivity index (χ2v) is 8.00. The third-order valence-electron chi connectivity index (χ3n) is 5.25. The molecule has 24 heavy (non-hydrogen) atoms. The molecule has 1 aliphatic carbocycles. The molecule has 1 aromatic heterocycles. The SMILES string of the molecule is O=C(NCc1ccncc1)NCC1(N2CCSCC2)CCCCC1. The van der Waals surface area contributed by atoms with Crippen LogP contribution in [0.25, 0.3) is 0 Å². The van der Waals surface area contributed by atoms with Crippen LogP contribution in [0.4, 0.5) is 4.79 Å². The molecule has 2 amide bonds. The van der Waals surface area contributed by atoms with Gasteiger partial charge in [-0.2, -0.15) is 11.8 Å². The molecule has 1 aliphatic heterocycles. The summed E-state index contributed by atoms with van der Waals surface area (Å²) >= 11 is 2.05. The molecule has 0 atom stereocenters. The molecule has 0 unspecified atom stereocenters. The van der Waals surface area contributed by atoms with E-state index in [0.717, 1.165) is 25.2 Å². The number of rotatable bonds is 5. The number of aromatic nitrogens is 1. The molecule has 1 saturated heterocycles. The van der Waals surface area contributed by atoms with Gasteiger partial charge in [-0.25, -0.2) is 4.79 Å². The van der Waals surface area contributed by atoms with Crippen LogP contribution >= 0.6 is 11.8 Å². The Morgan fingerprint density at radius 1 is 1.12 bits per heavy atom. The summed E-state index contributed by atoms with van der Waals surface area (Å²) in [4.78, 5) is 18.9. The number of carbonyl (C=O) groups is 1. The minimum atomic E-state index is -0.0665. The lowest BCUT2D eigenvalue weighted by Crippen LogP contribution is -2.59. The number of nitrogens with one attached hydrogen (secondary N) is 2. The first-order chi connectivity index (χ1) is 11.8. The van der Waals surface area contributed by atoms with E-state index in [1.54, 1.807) is 12.4 Å². The predicted octanol–water partition coefficient (Wildman–Crippen LogP) is 2.63. The van der Waals surface area contributed by atoms with Crippen molar-refractivity contribution in [2.45, 2.75) is 44.2 Å². The summed E-state index contributed by atoms with van der Waals surface area (Å²) in [6.45, 7) is 3.62. The van der Waals surface area contributed by atoms with E-state index in [0.29, 0.717) is 6.54 Å². The lowest BCUT2D eigenvalue weighted by atomic mass is 9.80. The van der Waals surface area contributed by atoms with Crippen LogP contribution in [0, 0.1) is 0 Å². The van der Waals surface area contributed by atoms with Gasteiger partial charge in [0.15, 0.2) is 0 Å². The van der Waals surface area contributed by atoms with Crippen molar-refractivity contribution in [1.29, 1.82) is 0 Å². The van der Waals surface area contributed by atoms with Crippen molar-refractivity contribution in [3.8, 4) is 0 Å². The van der Waals surface area contributed by atoms with Crippen LogP contribution < -0.4 is 10.6 Å². The Kier molecular flexibility index (Phi) is 6.37. The van der Waals surface area contributed by atoms with Crippen molar-refractivity contribution < 1.29 is 4.79 Å². The van der Waals surface area contributed by atoms with Crippen LogP contribution in [-0.2, 0) is 6.54 Å². The second kappa shape index (κ2) is 8.72. The number of carbonyl (C=O) groups excluding carboxylic acids is 1.